The lowest BCUT2D eigenvalue weighted by molar-refractivity contribution is 0.434. The van der Waals surface area contributed by atoms with Crippen molar-refractivity contribution in [1.29, 1.82) is 0 Å². The molecular weight excluding hydrogens is 294 g/mol. The van der Waals surface area contributed by atoms with E-state index >= 15 is 0 Å². The molecule has 0 amide bonds. The Morgan fingerprint density at radius 3 is 2.29 bits per heavy atom. The molecule has 3 rings (SSSR count). The third-order valence-electron chi connectivity index (χ3n) is 3.81. The van der Waals surface area contributed by atoms with Crippen molar-refractivity contribution in [3.8, 4) is 5.75 Å². The van der Waals surface area contributed by atoms with Crippen LogP contribution >= 0.6 is 0 Å². The first-order valence-electron chi connectivity index (χ1n) is 8.24. The van der Waals surface area contributed by atoms with Gasteiger partial charge in [-0.25, -0.2) is 4.99 Å². The van der Waals surface area contributed by atoms with Crippen molar-refractivity contribution in [3.05, 3.63) is 72.3 Å². The molecule has 3 aromatic carbocycles. The number of hydrogen-bond donors (Lipinski definition) is 0. The molecule has 0 aliphatic carbocycles. The lowest BCUT2D eigenvalue weighted by Crippen LogP contribution is -2.26. The normalized spacial score (nSPS) is 12.4. The zero-order valence-electron chi connectivity index (χ0n) is 14.7. The summed E-state index contributed by atoms with van der Waals surface area (Å²) in [5.41, 5.74) is 1.92. The molecule has 0 saturated carbocycles. The van der Waals surface area contributed by atoms with Gasteiger partial charge < -0.3 is 4.74 Å². The summed E-state index contributed by atoms with van der Waals surface area (Å²) in [7, 11) is 0. The van der Waals surface area contributed by atoms with Gasteiger partial charge in [0.1, 0.15) is 5.75 Å². The van der Waals surface area contributed by atoms with E-state index in [0.717, 1.165) is 11.4 Å². The molecule has 0 radical (unpaired) electrons. The highest BCUT2D eigenvalue weighted by atomic mass is 16.5. The van der Waals surface area contributed by atoms with Crippen molar-refractivity contribution in [2.45, 2.75) is 27.7 Å². The first kappa shape index (κ1) is 16.3. The number of nitrogens with zero attached hydrogens (tertiary/aromatic N) is 1. The van der Waals surface area contributed by atoms with E-state index in [1.165, 1.54) is 16.3 Å². The molecule has 122 valence electrons. The van der Waals surface area contributed by atoms with Crippen molar-refractivity contribution in [2.24, 2.45) is 10.4 Å². The summed E-state index contributed by atoms with van der Waals surface area (Å²) in [4.78, 5) is 4.76. The van der Waals surface area contributed by atoms with E-state index in [4.69, 9.17) is 9.73 Å². The van der Waals surface area contributed by atoms with Crippen LogP contribution in [0.5, 0.6) is 5.75 Å². The number of fused-ring (bicyclic) bond motifs is 1. The first-order chi connectivity index (χ1) is 11.4. The van der Waals surface area contributed by atoms with E-state index in [2.05, 4.69) is 64.1 Å². The Morgan fingerprint density at radius 2 is 1.58 bits per heavy atom. The first-order valence-corrected chi connectivity index (χ1v) is 8.24. The fourth-order valence-corrected chi connectivity index (χ4v) is 2.50. The molecular formula is C22H23NO. The van der Waals surface area contributed by atoms with Crippen LogP contribution in [0, 0.1) is 12.3 Å². The highest BCUT2D eigenvalue weighted by Gasteiger charge is 2.22. The van der Waals surface area contributed by atoms with Crippen molar-refractivity contribution >= 4 is 22.4 Å². The quantitative estimate of drug-likeness (QED) is 0.401. The smallest absolute Gasteiger partial charge is 0.200 e. The minimum Gasteiger partial charge on any atom is -0.442 e. The van der Waals surface area contributed by atoms with E-state index in [1.807, 2.05) is 30.3 Å². The molecule has 0 aromatic heterocycles. The van der Waals surface area contributed by atoms with Gasteiger partial charge in [-0.2, -0.15) is 0 Å². The van der Waals surface area contributed by atoms with Crippen LogP contribution < -0.4 is 4.74 Å². The average Bonchev–Trinajstić information content (AvgIpc) is 2.53. The molecule has 0 aliphatic heterocycles. The zero-order chi connectivity index (χ0) is 17.2. The monoisotopic (exact) mass is 317 g/mol. The number of hydrogen-bond acceptors (Lipinski definition) is 2. The maximum atomic E-state index is 6.18. The fourth-order valence-electron chi connectivity index (χ4n) is 2.50. The molecule has 2 nitrogen and oxygen atoms in total. The van der Waals surface area contributed by atoms with Crippen LogP contribution in [0.1, 0.15) is 26.3 Å². The van der Waals surface area contributed by atoms with Gasteiger partial charge in [-0.3, -0.25) is 0 Å². The maximum absolute atomic E-state index is 6.18. The van der Waals surface area contributed by atoms with Crippen LogP contribution in [0.3, 0.4) is 0 Å². The zero-order valence-corrected chi connectivity index (χ0v) is 14.7. The van der Waals surface area contributed by atoms with Gasteiger partial charge in [-0.15, -0.1) is 0 Å². The summed E-state index contributed by atoms with van der Waals surface area (Å²) < 4.78 is 6.18. The van der Waals surface area contributed by atoms with Crippen molar-refractivity contribution in [1.82, 2.24) is 0 Å². The molecule has 24 heavy (non-hydrogen) atoms. The number of aryl methyl sites for hydroxylation is 1. The number of rotatable bonds is 2. The number of benzene rings is 3. The summed E-state index contributed by atoms with van der Waals surface area (Å²) in [6.07, 6.45) is 0. The molecule has 0 fully saturated rings. The molecule has 0 aliphatic rings. The van der Waals surface area contributed by atoms with Gasteiger partial charge in [0.2, 0.25) is 5.90 Å². The summed E-state index contributed by atoms with van der Waals surface area (Å²) in [5.74, 6) is 1.53. The fraction of sp³-hybridized carbons (Fsp3) is 0.227. The standard InChI is InChI=1S/C22H23NO/c1-16-8-7-11-19(14-16)23-21(22(2,3)4)24-20-13-12-17-9-5-6-10-18(17)15-20/h5-15H,1-4H3. The largest absolute Gasteiger partial charge is 0.442 e. The average molecular weight is 317 g/mol. The number of aliphatic imine (C=N–C) groups is 1. The Labute approximate surface area is 143 Å². The van der Waals surface area contributed by atoms with Gasteiger partial charge in [0.15, 0.2) is 0 Å². The van der Waals surface area contributed by atoms with Gasteiger partial charge in [0.05, 0.1) is 5.69 Å². The highest BCUT2D eigenvalue weighted by molar-refractivity contribution is 5.88. The Morgan fingerprint density at radius 1 is 0.833 bits per heavy atom. The Balaban J connectivity index is 1.97. The van der Waals surface area contributed by atoms with Crippen LogP contribution in [0.15, 0.2) is 71.7 Å². The summed E-state index contributed by atoms with van der Waals surface area (Å²) >= 11 is 0. The predicted octanol–water partition coefficient (Wildman–Crippen LogP) is 6.30. The van der Waals surface area contributed by atoms with Crippen LogP contribution in [0.25, 0.3) is 10.8 Å². The predicted molar refractivity (Wildman–Crippen MR) is 102 cm³/mol. The topological polar surface area (TPSA) is 21.6 Å². The molecule has 0 bridgehead atoms. The minimum atomic E-state index is -0.185. The molecule has 0 heterocycles. The lowest BCUT2D eigenvalue weighted by Gasteiger charge is -2.22. The molecule has 3 aromatic rings. The Bertz CT molecular complexity index is 888. The van der Waals surface area contributed by atoms with Crippen LogP contribution in [0.4, 0.5) is 5.69 Å². The second-order valence-corrected chi connectivity index (χ2v) is 7.12. The third kappa shape index (κ3) is 3.83. The van der Waals surface area contributed by atoms with E-state index in [9.17, 15) is 0 Å². The van der Waals surface area contributed by atoms with Crippen molar-refractivity contribution < 1.29 is 4.74 Å². The van der Waals surface area contributed by atoms with E-state index in [-0.39, 0.29) is 5.41 Å². The second-order valence-electron chi connectivity index (χ2n) is 7.12. The van der Waals surface area contributed by atoms with E-state index in [1.54, 1.807) is 0 Å². The van der Waals surface area contributed by atoms with Gasteiger partial charge >= 0.3 is 0 Å². The van der Waals surface area contributed by atoms with Crippen molar-refractivity contribution in [3.63, 3.8) is 0 Å². The Kier molecular flexibility index (Phi) is 4.39. The Hall–Kier alpha value is -2.61. The van der Waals surface area contributed by atoms with Crippen LogP contribution in [-0.4, -0.2) is 5.90 Å². The number of ether oxygens (including phenoxy) is 1. The molecule has 0 unspecified atom stereocenters. The second kappa shape index (κ2) is 6.48. The molecule has 0 spiro atoms. The summed E-state index contributed by atoms with van der Waals surface area (Å²) in [6.45, 7) is 8.41. The molecule has 0 atom stereocenters. The molecule has 0 saturated heterocycles. The maximum Gasteiger partial charge on any atom is 0.200 e. The summed E-state index contributed by atoms with van der Waals surface area (Å²) in [6, 6.07) is 22.6. The molecule has 2 heteroatoms. The molecule has 0 N–H and O–H groups in total. The van der Waals surface area contributed by atoms with E-state index < -0.39 is 0 Å². The third-order valence-corrected chi connectivity index (χ3v) is 3.81. The van der Waals surface area contributed by atoms with Crippen LogP contribution in [0.2, 0.25) is 0 Å². The SMILES string of the molecule is Cc1cccc(N=C(Oc2ccc3ccccc3c2)C(C)(C)C)c1. The van der Waals surface area contributed by atoms with Crippen LogP contribution in [-0.2, 0) is 0 Å². The minimum absolute atomic E-state index is 0.185. The van der Waals surface area contributed by atoms with Gasteiger partial charge in [-0.1, -0.05) is 63.2 Å². The van der Waals surface area contributed by atoms with Gasteiger partial charge in [-0.05, 0) is 47.5 Å². The lowest BCUT2D eigenvalue weighted by atomic mass is 9.96. The van der Waals surface area contributed by atoms with Gasteiger partial charge in [0.25, 0.3) is 0 Å². The van der Waals surface area contributed by atoms with Gasteiger partial charge in [0, 0.05) is 5.41 Å². The van der Waals surface area contributed by atoms with Crippen molar-refractivity contribution in [2.75, 3.05) is 0 Å². The highest BCUT2D eigenvalue weighted by Crippen LogP contribution is 2.26. The van der Waals surface area contributed by atoms with E-state index in [0.29, 0.717) is 5.90 Å². The summed E-state index contributed by atoms with van der Waals surface area (Å²) in [5, 5.41) is 2.37.